The molecule has 2 amide bonds. The molecule has 0 spiro atoms. The molecule has 0 aliphatic heterocycles. The van der Waals surface area contributed by atoms with Crippen molar-refractivity contribution in [2.24, 2.45) is 5.92 Å². The van der Waals surface area contributed by atoms with Gasteiger partial charge in [0.25, 0.3) is 0 Å². The summed E-state index contributed by atoms with van der Waals surface area (Å²) in [6.45, 7) is 6.27. The van der Waals surface area contributed by atoms with Crippen LogP contribution in [0.2, 0.25) is 0 Å². The predicted octanol–water partition coefficient (Wildman–Crippen LogP) is 0.840. The van der Waals surface area contributed by atoms with Gasteiger partial charge in [-0.2, -0.15) is 0 Å². The SMILES string of the molecule is COc1ccc(C[C@H](NC(=O)[C@H](CC(C)C)NC(C)P(=O)(O)O)C(=O)N[C@@H](C)C(=O)O)cc1. The standard InChI is InChI=1S/C21H34N3O8P/c1-12(2)10-17(23-14(4)33(29,30)31)20(26)24-18(19(25)22-13(3)21(27)28)11-15-6-8-16(32-5)9-7-15/h6-9,12-14,17-18,23H,10-11H2,1-5H3,(H,22,25)(H,24,26)(H,27,28)(H2,29,30,31)/t13-,14?,17-,18-/m0/s1. The lowest BCUT2D eigenvalue weighted by Gasteiger charge is -2.27. The van der Waals surface area contributed by atoms with E-state index in [1.54, 1.807) is 24.3 Å². The maximum atomic E-state index is 13.0. The van der Waals surface area contributed by atoms with Crippen molar-refractivity contribution in [3.05, 3.63) is 29.8 Å². The first-order valence-electron chi connectivity index (χ1n) is 10.5. The van der Waals surface area contributed by atoms with Crippen molar-refractivity contribution in [3.63, 3.8) is 0 Å². The van der Waals surface area contributed by atoms with E-state index < -0.39 is 49.3 Å². The quantitative estimate of drug-likeness (QED) is 0.220. The molecule has 33 heavy (non-hydrogen) atoms. The van der Waals surface area contributed by atoms with Crippen LogP contribution in [0.3, 0.4) is 0 Å². The summed E-state index contributed by atoms with van der Waals surface area (Å²) < 4.78 is 16.7. The highest BCUT2D eigenvalue weighted by molar-refractivity contribution is 7.52. The normalized spacial score (nSPS) is 15.3. The Morgan fingerprint density at radius 3 is 1.97 bits per heavy atom. The molecule has 1 aromatic carbocycles. The topological polar surface area (TPSA) is 174 Å². The molecule has 0 saturated heterocycles. The molecule has 0 aliphatic carbocycles. The Balaban J connectivity index is 3.11. The molecule has 0 radical (unpaired) electrons. The number of methoxy groups -OCH3 is 1. The Kier molecular flexibility index (Phi) is 11.0. The highest BCUT2D eigenvalue weighted by atomic mass is 31.2. The molecule has 0 aliphatic rings. The lowest BCUT2D eigenvalue weighted by atomic mass is 10.0. The third kappa shape index (κ3) is 9.91. The summed E-state index contributed by atoms with van der Waals surface area (Å²) in [5.41, 5.74) is 0.691. The fourth-order valence-corrected chi connectivity index (χ4v) is 3.34. The Bertz CT molecular complexity index is 856. The van der Waals surface area contributed by atoms with Gasteiger partial charge in [0.2, 0.25) is 11.8 Å². The summed E-state index contributed by atoms with van der Waals surface area (Å²) in [7, 11) is -2.97. The molecular weight excluding hydrogens is 453 g/mol. The van der Waals surface area contributed by atoms with E-state index in [2.05, 4.69) is 16.0 Å². The molecule has 0 heterocycles. The minimum Gasteiger partial charge on any atom is -0.497 e. The lowest BCUT2D eigenvalue weighted by Crippen LogP contribution is -2.56. The van der Waals surface area contributed by atoms with Crippen molar-refractivity contribution in [1.29, 1.82) is 0 Å². The lowest BCUT2D eigenvalue weighted by molar-refractivity contribution is -0.141. The van der Waals surface area contributed by atoms with E-state index in [0.717, 1.165) is 0 Å². The van der Waals surface area contributed by atoms with Crippen molar-refractivity contribution in [1.82, 2.24) is 16.0 Å². The molecule has 11 nitrogen and oxygen atoms in total. The first-order valence-corrected chi connectivity index (χ1v) is 12.2. The number of nitrogens with one attached hydrogen (secondary N) is 3. The van der Waals surface area contributed by atoms with Gasteiger partial charge in [0, 0.05) is 6.42 Å². The minimum absolute atomic E-state index is 0.0121. The van der Waals surface area contributed by atoms with Gasteiger partial charge in [0.15, 0.2) is 0 Å². The Morgan fingerprint density at radius 2 is 1.52 bits per heavy atom. The second-order valence-electron chi connectivity index (χ2n) is 8.30. The zero-order valence-corrected chi connectivity index (χ0v) is 20.3. The molecule has 4 atom stereocenters. The van der Waals surface area contributed by atoms with Crippen LogP contribution in [0.15, 0.2) is 24.3 Å². The number of rotatable bonds is 13. The monoisotopic (exact) mass is 487 g/mol. The molecule has 1 unspecified atom stereocenters. The maximum Gasteiger partial charge on any atom is 0.342 e. The van der Waals surface area contributed by atoms with Gasteiger partial charge < -0.3 is 30.3 Å². The van der Waals surface area contributed by atoms with Crippen molar-refractivity contribution in [3.8, 4) is 5.75 Å². The van der Waals surface area contributed by atoms with Crippen LogP contribution in [0.25, 0.3) is 0 Å². The van der Waals surface area contributed by atoms with Gasteiger partial charge in [-0.1, -0.05) is 26.0 Å². The number of amides is 2. The van der Waals surface area contributed by atoms with Crippen molar-refractivity contribution >= 4 is 25.4 Å². The van der Waals surface area contributed by atoms with Crippen LogP contribution in [0.4, 0.5) is 0 Å². The molecule has 0 fully saturated rings. The number of carbonyl (C=O) groups is 3. The molecule has 6 N–H and O–H groups in total. The van der Waals surface area contributed by atoms with Gasteiger partial charge >= 0.3 is 13.6 Å². The van der Waals surface area contributed by atoms with Crippen LogP contribution in [-0.2, 0) is 25.4 Å². The first kappa shape index (κ1) is 28.6. The van der Waals surface area contributed by atoms with Gasteiger partial charge in [-0.15, -0.1) is 0 Å². The number of carbonyl (C=O) groups excluding carboxylic acids is 2. The molecule has 1 aromatic rings. The average Bonchev–Trinajstić information content (AvgIpc) is 2.71. The predicted molar refractivity (Wildman–Crippen MR) is 122 cm³/mol. The molecular formula is C21H34N3O8P. The van der Waals surface area contributed by atoms with Crippen LogP contribution in [0, 0.1) is 5.92 Å². The Labute approximate surface area is 193 Å². The zero-order valence-electron chi connectivity index (χ0n) is 19.4. The number of carboxylic acid groups (broad SMARTS) is 1. The molecule has 0 bridgehead atoms. The van der Waals surface area contributed by atoms with Crippen molar-refractivity contribution < 1.29 is 38.6 Å². The van der Waals surface area contributed by atoms with E-state index in [9.17, 15) is 28.7 Å². The van der Waals surface area contributed by atoms with Crippen LogP contribution in [0.1, 0.15) is 39.7 Å². The Hall–Kier alpha value is -2.46. The molecule has 12 heteroatoms. The first-order chi connectivity index (χ1) is 15.2. The number of ether oxygens (including phenoxy) is 1. The Morgan fingerprint density at radius 1 is 0.970 bits per heavy atom. The van der Waals surface area contributed by atoms with Crippen molar-refractivity contribution in [2.45, 2.75) is 64.4 Å². The van der Waals surface area contributed by atoms with E-state index in [4.69, 9.17) is 9.84 Å². The van der Waals surface area contributed by atoms with E-state index in [0.29, 0.717) is 11.3 Å². The van der Waals surface area contributed by atoms with Gasteiger partial charge in [0.05, 0.1) is 13.2 Å². The summed E-state index contributed by atoms with van der Waals surface area (Å²) in [6.07, 6.45) is 0.328. The maximum absolute atomic E-state index is 13.0. The number of carboxylic acids is 1. The molecule has 1 rings (SSSR count). The number of benzene rings is 1. The zero-order chi connectivity index (χ0) is 25.3. The van der Waals surface area contributed by atoms with E-state index >= 15 is 0 Å². The van der Waals surface area contributed by atoms with Crippen LogP contribution < -0.4 is 20.7 Å². The summed E-state index contributed by atoms with van der Waals surface area (Å²) >= 11 is 0. The smallest absolute Gasteiger partial charge is 0.342 e. The third-order valence-corrected chi connectivity index (χ3v) is 6.09. The fourth-order valence-electron chi connectivity index (χ4n) is 2.97. The number of hydrogen-bond acceptors (Lipinski definition) is 6. The summed E-state index contributed by atoms with van der Waals surface area (Å²) in [5, 5.41) is 16.7. The minimum atomic E-state index is -4.49. The van der Waals surface area contributed by atoms with Crippen molar-refractivity contribution in [2.75, 3.05) is 7.11 Å². The largest absolute Gasteiger partial charge is 0.497 e. The molecule has 0 aromatic heterocycles. The van der Waals surface area contributed by atoms with Crippen LogP contribution in [-0.4, -0.2) is 63.7 Å². The summed E-state index contributed by atoms with van der Waals surface area (Å²) in [4.78, 5) is 55.8. The van der Waals surface area contributed by atoms with Gasteiger partial charge in [-0.3, -0.25) is 24.3 Å². The molecule has 0 saturated carbocycles. The van der Waals surface area contributed by atoms with E-state index in [-0.39, 0.29) is 18.8 Å². The number of hydrogen-bond donors (Lipinski definition) is 6. The summed E-state index contributed by atoms with van der Waals surface area (Å²) in [5.74, 6) is -3.20. The van der Waals surface area contributed by atoms with Gasteiger partial charge in [0.1, 0.15) is 23.6 Å². The molecule has 186 valence electrons. The second kappa shape index (κ2) is 12.7. The number of aliphatic carboxylic acids is 1. The highest BCUT2D eigenvalue weighted by Gasteiger charge is 2.32. The van der Waals surface area contributed by atoms with E-state index in [1.807, 2.05) is 13.8 Å². The fraction of sp³-hybridized carbons (Fsp3) is 0.571. The third-order valence-electron chi connectivity index (χ3n) is 4.93. The van der Waals surface area contributed by atoms with E-state index in [1.165, 1.54) is 21.0 Å². The van der Waals surface area contributed by atoms with Crippen LogP contribution >= 0.6 is 7.60 Å². The highest BCUT2D eigenvalue weighted by Crippen LogP contribution is 2.39. The van der Waals surface area contributed by atoms with Crippen LogP contribution in [0.5, 0.6) is 5.75 Å². The second-order valence-corrected chi connectivity index (χ2v) is 10.2. The van der Waals surface area contributed by atoms with Gasteiger partial charge in [-0.05, 0) is 43.9 Å². The summed E-state index contributed by atoms with van der Waals surface area (Å²) in [6, 6.07) is 3.54. The average molecular weight is 487 g/mol. The van der Waals surface area contributed by atoms with Gasteiger partial charge in [-0.25, -0.2) is 0 Å².